The number of hydrogen-bond acceptors (Lipinski definition) is 12. The highest BCUT2D eigenvalue weighted by atomic mass is 16.5. The van der Waals surface area contributed by atoms with Crippen LogP contribution in [0.1, 0.15) is 78.2 Å². The molecule has 0 bridgehead atoms. The van der Waals surface area contributed by atoms with Gasteiger partial charge in [0.2, 0.25) is 17.7 Å². The summed E-state index contributed by atoms with van der Waals surface area (Å²) < 4.78 is 12.1. The van der Waals surface area contributed by atoms with E-state index in [0.29, 0.717) is 45.6 Å². The first kappa shape index (κ1) is 51.3. The van der Waals surface area contributed by atoms with Crippen LogP contribution in [0.25, 0.3) is 11.1 Å². The number of aryl methyl sites for hydroxylation is 2. The summed E-state index contributed by atoms with van der Waals surface area (Å²) in [7, 11) is 3.13. The number of nitrogens with one attached hydrogen (secondary N) is 4. The predicted octanol–water partition coefficient (Wildman–Crippen LogP) is 2.44. The summed E-state index contributed by atoms with van der Waals surface area (Å²) >= 11 is 0. The Balaban J connectivity index is 0.00000414. The number of rotatable bonds is 25. The van der Waals surface area contributed by atoms with Gasteiger partial charge in [-0.15, -0.1) is 0 Å². The quantitative estimate of drug-likeness (QED) is 0.0369. The van der Waals surface area contributed by atoms with E-state index < -0.39 is 23.9 Å². The Hall–Kier alpha value is -5.86. The van der Waals surface area contributed by atoms with E-state index in [0.717, 1.165) is 37.8 Å². The van der Waals surface area contributed by atoms with Crippen molar-refractivity contribution in [2.75, 3.05) is 66.6 Å². The van der Waals surface area contributed by atoms with Crippen molar-refractivity contribution in [1.82, 2.24) is 26.2 Å². The third kappa shape index (κ3) is 17.0. The molecule has 2 atom stereocenters. The predicted molar refractivity (Wildman–Crippen MR) is 237 cm³/mol. The lowest BCUT2D eigenvalue weighted by Crippen LogP contribution is -2.50. The highest BCUT2D eigenvalue weighted by Gasteiger charge is 2.25. The van der Waals surface area contributed by atoms with Crippen molar-refractivity contribution in [1.29, 1.82) is 5.26 Å². The molecule has 0 fully saturated rings. The summed E-state index contributed by atoms with van der Waals surface area (Å²) in [6.07, 6.45) is 5.02. The fourth-order valence-electron chi connectivity index (χ4n) is 6.37. The summed E-state index contributed by atoms with van der Waals surface area (Å²) in [5.74, 6) is -0.736. The van der Waals surface area contributed by atoms with Crippen molar-refractivity contribution in [3.8, 4) is 28.7 Å². The molecule has 0 aromatic heterocycles. The van der Waals surface area contributed by atoms with Gasteiger partial charge in [0.1, 0.15) is 49.6 Å². The van der Waals surface area contributed by atoms with Crippen molar-refractivity contribution < 1.29 is 33.4 Å². The minimum atomic E-state index is -1.01. The maximum absolute atomic E-state index is 13.5. The van der Waals surface area contributed by atoms with Gasteiger partial charge in [-0.3, -0.25) is 19.2 Å². The van der Waals surface area contributed by atoms with Crippen LogP contribution in [0.4, 0.5) is 0 Å². The van der Waals surface area contributed by atoms with Crippen LogP contribution in [0.2, 0.25) is 0 Å². The van der Waals surface area contributed by atoms with Crippen molar-refractivity contribution in [2.24, 2.45) is 17.2 Å². The average molecular weight is 844 g/mol. The van der Waals surface area contributed by atoms with E-state index in [9.17, 15) is 24.0 Å². The second-order valence-corrected chi connectivity index (χ2v) is 14.2. The van der Waals surface area contributed by atoms with E-state index >= 15 is 0 Å². The van der Waals surface area contributed by atoms with Gasteiger partial charge in [0.05, 0.1) is 12.6 Å². The number of amides is 4. The monoisotopic (exact) mass is 844 g/mol. The Labute approximate surface area is 360 Å². The maximum Gasteiger partial charge on any atom is 0.251 e. The molecule has 0 radical (unpaired) electrons. The largest absolute Gasteiger partial charge is 0.492 e. The zero-order valence-electron chi connectivity index (χ0n) is 36.3. The molecule has 3 aromatic carbocycles. The first-order chi connectivity index (χ1) is 29.4. The Bertz CT molecular complexity index is 1920. The lowest BCUT2D eigenvalue weighted by molar-refractivity contribution is -0.134. The van der Waals surface area contributed by atoms with Gasteiger partial charge < -0.3 is 57.6 Å². The molecule has 0 spiro atoms. The zero-order valence-corrected chi connectivity index (χ0v) is 36.3. The minimum absolute atomic E-state index is 0.0232. The number of likely N-dealkylation sites (N-methyl/N-ethyl adjacent to an activating group) is 2. The van der Waals surface area contributed by atoms with Gasteiger partial charge >= 0.3 is 0 Å². The number of benzene rings is 3. The molecule has 2 unspecified atom stereocenters. The van der Waals surface area contributed by atoms with Gasteiger partial charge in [-0.25, -0.2) is 0 Å². The molecule has 332 valence electrons. The standard InChI is InChI=1S/C43H58N8O7.C2H7N/c1-5-6-7-8-30-9-12-33(29(2)23-30)42(55)48-19-15-41(54)51(4)37(28-52)32-11-14-39(58-22-18-46)35(26-32)34-24-31(10-13-38(34)57-21-17-45)25-36(43(56)49-20-16-44)50-40(53)27-47-3;1-2-3/h9-14,23-24,26,28,36-37,47H,5-8,15,17-22,25,27,45-46H2,1-4H3,(H,48,55)(H,49,56)(H,50,53);2-3H2,1H3. The summed E-state index contributed by atoms with van der Waals surface area (Å²) in [5, 5.41) is 19.8. The number of unbranched alkanes of at least 4 members (excludes halogenated alkanes) is 2. The Morgan fingerprint density at radius 1 is 0.885 bits per heavy atom. The fraction of sp³-hybridized carbons (Fsp3) is 0.467. The highest BCUT2D eigenvalue weighted by molar-refractivity contribution is 5.96. The van der Waals surface area contributed by atoms with E-state index in [4.69, 9.17) is 31.9 Å². The van der Waals surface area contributed by atoms with Crippen LogP contribution >= 0.6 is 0 Å². The Morgan fingerprint density at radius 2 is 1.52 bits per heavy atom. The van der Waals surface area contributed by atoms with Gasteiger partial charge in [0.25, 0.3) is 5.91 Å². The smallest absolute Gasteiger partial charge is 0.251 e. The molecule has 16 nitrogen and oxygen atoms in total. The minimum Gasteiger partial charge on any atom is -0.492 e. The van der Waals surface area contributed by atoms with Gasteiger partial charge in [0, 0.05) is 56.2 Å². The second-order valence-electron chi connectivity index (χ2n) is 14.2. The molecule has 0 heterocycles. The van der Waals surface area contributed by atoms with Gasteiger partial charge in [-0.2, -0.15) is 5.26 Å². The summed E-state index contributed by atoms with van der Waals surface area (Å²) in [6, 6.07) is 16.0. The normalized spacial score (nSPS) is 11.5. The van der Waals surface area contributed by atoms with Crippen LogP contribution < -0.4 is 47.9 Å². The third-order valence-electron chi connectivity index (χ3n) is 9.37. The van der Waals surface area contributed by atoms with Crippen molar-refractivity contribution in [2.45, 2.75) is 71.4 Å². The molecule has 10 N–H and O–H groups in total. The number of ether oxygens (including phenoxy) is 2. The molecule has 0 saturated heterocycles. The number of nitrogens with zero attached hydrogens (tertiary/aromatic N) is 2. The summed E-state index contributed by atoms with van der Waals surface area (Å²) in [4.78, 5) is 66.0. The lowest BCUT2D eigenvalue weighted by atomic mass is 9.94. The van der Waals surface area contributed by atoms with Gasteiger partial charge in [-0.1, -0.05) is 51.0 Å². The van der Waals surface area contributed by atoms with Crippen LogP contribution in [-0.4, -0.2) is 107 Å². The molecule has 3 rings (SSSR count). The van der Waals surface area contributed by atoms with Crippen LogP contribution in [0.5, 0.6) is 11.5 Å². The first-order valence-corrected chi connectivity index (χ1v) is 20.7. The Morgan fingerprint density at radius 3 is 2.11 bits per heavy atom. The van der Waals surface area contributed by atoms with E-state index in [2.05, 4.69) is 28.2 Å². The molecule has 0 saturated carbocycles. The average Bonchev–Trinajstić information content (AvgIpc) is 3.24. The molecule has 0 aliphatic rings. The molecular formula is C45H65N9O7. The number of nitriles is 1. The molecule has 16 heteroatoms. The first-order valence-electron chi connectivity index (χ1n) is 20.7. The van der Waals surface area contributed by atoms with Crippen LogP contribution in [-0.2, 0) is 32.0 Å². The summed E-state index contributed by atoms with van der Waals surface area (Å²) in [6.45, 7) is 7.32. The number of hydrogen-bond donors (Lipinski definition) is 7. The fourth-order valence-corrected chi connectivity index (χ4v) is 6.37. The maximum atomic E-state index is 13.5. The van der Waals surface area contributed by atoms with Crippen LogP contribution in [0.15, 0.2) is 54.6 Å². The van der Waals surface area contributed by atoms with E-state index in [1.54, 1.807) is 43.4 Å². The number of carbonyl (C=O) groups is 5. The highest BCUT2D eigenvalue weighted by Crippen LogP contribution is 2.39. The molecule has 0 aliphatic heterocycles. The summed E-state index contributed by atoms with van der Waals surface area (Å²) in [5.41, 5.74) is 21.2. The van der Waals surface area contributed by atoms with Gasteiger partial charge in [-0.05, 0) is 85.9 Å². The van der Waals surface area contributed by atoms with Crippen molar-refractivity contribution in [3.05, 3.63) is 82.4 Å². The SMILES string of the molecule is CCCCCc1ccc(C(=O)NCCC(=O)N(C)C(C=O)c2ccc(OCCN)c(-c3cc(CC(NC(=O)CNC)C(=O)NCC#N)ccc3OCCN)c2)c(C)c1.CCN. The molecular weight excluding hydrogens is 779 g/mol. The molecule has 3 aromatic rings. The van der Waals surface area contributed by atoms with Gasteiger partial charge in [0.15, 0.2) is 0 Å². The zero-order chi connectivity index (χ0) is 45.2. The second kappa shape index (κ2) is 28.6. The molecule has 0 aliphatic carbocycles. The molecule has 61 heavy (non-hydrogen) atoms. The number of aldehydes is 1. The topological polar surface area (TPSA) is 257 Å². The van der Waals surface area contributed by atoms with Crippen LogP contribution in [0, 0.1) is 18.3 Å². The van der Waals surface area contributed by atoms with E-state index in [1.807, 2.05) is 38.1 Å². The lowest BCUT2D eigenvalue weighted by Gasteiger charge is -2.26. The third-order valence-corrected chi connectivity index (χ3v) is 9.37. The number of nitrogens with two attached hydrogens (primary N) is 3. The van der Waals surface area contributed by atoms with Crippen molar-refractivity contribution >= 4 is 29.9 Å². The molecule has 4 amide bonds. The Kier molecular flexibility index (Phi) is 24.0. The number of carbonyl (C=O) groups excluding carboxylic acids is 5. The van der Waals surface area contributed by atoms with Crippen LogP contribution in [0.3, 0.4) is 0 Å². The van der Waals surface area contributed by atoms with Crippen molar-refractivity contribution in [3.63, 3.8) is 0 Å². The van der Waals surface area contributed by atoms with E-state index in [-0.39, 0.29) is 70.6 Å². The van der Waals surface area contributed by atoms with E-state index in [1.165, 1.54) is 17.5 Å².